The molecule has 0 heterocycles. The van der Waals surface area contributed by atoms with Gasteiger partial charge in [0.2, 0.25) is 0 Å². The van der Waals surface area contributed by atoms with Gasteiger partial charge < -0.3 is 5.11 Å². The average molecular weight is 184 g/mol. The lowest BCUT2D eigenvalue weighted by Gasteiger charge is -1.96. The summed E-state index contributed by atoms with van der Waals surface area (Å²) in [5.41, 5.74) is 1.73. The summed E-state index contributed by atoms with van der Waals surface area (Å²) in [4.78, 5) is 14.0. The van der Waals surface area contributed by atoms with Crippen molar-refractivity contribution >= 4 is 22.0 Å². The van der Waals surface area contributed by atoms with Gasteiger partial charge >= 0.3 is 6.09 Å². The smallest absolute Gasteiger partial charge is 0.428 e. The van der Waals surface area contributed by atoms with E-state index in [2.05, 4.69) is 20.8 Å². The Morgan fingerprint density at radius 3 is 2.88 bits per heavy atom. The van der Waals surface area contributed by atoms with Crippen LogP contribution in [0.1, 0.15) is 0 Å². The second kappa shape index (κ2) is 4.86. The van der Waals surface area contributed by atoms with Crippen LogP contribution in [0.2, 0.25) is 0 Å². The monoisotopic (exact) mass is 183 g/mol. The number of alkyl halides is 1. The Hall–Kier alpha value is -0.290. The number of hydrogen-bond acceptors (Lipinski definition) is 2. The zero-order valence-corrected chi connectivity index (χ0v) is 5.64. The van der Waals surface area contributed by atoms with Gasteiger partial charge in [-0.1, -0.05) is 15.9 Å². The zero-order valence-electron chi connectivity index (χ0n) is 4.06. The molecule has 0 saturated heterocycles. The first kappa shape index (κ1) is 7.71. The molecular formula is C3H6BrNO3. The molecular weight excluding hydrogens is 178 g/mol. The Labute approximate surface area is 54.9 Å². The van der Waals surface area contributed by atoms with Crippen LogP contribution in [0.4, 0.5) is 4.79 Å². The molecule has 0 radical (unpaired) electrons. The lowest BCUT2D eigenvalue weighted by atomic mass is 10.9. The second-order valence-corrected chi connectivity index (χ2v) is 1.74. The Morgan fingerprint density at radius 2 is 2.50 bits per heavy atom. The third-order valence-corrected chi connectivity index (χ3v) is 0.662. The summed E-state index contributed by atoms with van der Waals surface area (Å²) in [5.74, 6) is 0. The number of carboxylic acid groups (broad SMARTS) is 1. The topological polar surface area (TPSA) is 58.6 Å². The van der Waals surface area contributed by atoms with Crippen molar-refractivity contribution in [2.45, 2.75) is 0 Å². The first-order valence-corrected chi connectivity index (χ1v) is 3.06. The molecule has 0 aliphatic rings. The molecule has 0 rings (SSSR count). The molecule has 8 heavy (non-hydrogen) atoms. The van der Waals surface area contributed by atoms with Crippen LogP contribution in [-0.4, -0.2) is 23.1 Å². The molecule has 0 aromatic heterocycles. The van der Waals surface area contributed by atoms with E-state index in [1.54, 1.807) is 5.48 Å². The van der Waals surface area contributed by atoms with Gasteiger partial charge in [-0.05, 0) is 0 Å². The van der Waals surface area contributed by atoms with Gasteiger partial charge in [-0.15, -0.1) is 0 Å². The molecule has 1 amide bonds. The fraction of sp³-hybridized carbons (Fsp3) is 0.667. The van der Waals surface area contributed by atoms with Crippen LogP contribution < -0.4 is 5.48 Å². The highest BCUT2D eigenvalue weighted by Crippen LogP contribution is 1.77. The van der Waals surface area contributed by atoms with Crippen molar-refractivity contribution in [3.05, 3.63) is 0 Å². The highest BCUT2D eigenvalue weighted by atomic mass is 79.9. The molecule has 0 spiro atoms. The number of carbonyl (C=O) groups is 1. The molecule has 0 bridgehead atoms. The molecule has 2 N–H and O–H groups in total. The van der Waals surface area contributed by atoms with Crippen molar-refractivity contribution < 1.29 is 14.7 Å². The maximum atomic E-state index is 9.62. The molecule has 0 aromatic carbocycles. The highest BCUT2D eigenvalue weighted by molar-refractivity contribution is 9.09. The lowest BCUT2D eigenvalue weighted by Crippen LogP contribution is -2.21. The SMILES string of the molecule is O=C(O)NOCCBr. The Balaban J connectivity index is 2.82. The van der Waals surface area contributed by atoms with Gasteiger partial charge in [0.25, 0.3) is 0 Å². The Morgan fingerprint density at radius 1 is 1.88 bits per heavy atom. The van der Waals surface area contributed by atoms with Crippen molar-refractivity contribution in [1.82, 2.24) is 5.48 Å². The fourth-order valence-electron chi connectivity index (χ4n) is 0.151. The van der Waals surface area contributed by atoms with Gasteiger partial charge in [-0.3, -0.25) is 4.84 Å². The summed E-state index contributed by atoms with van der Waals surface area (Å²) in [5, 5.41) is 8.51. The van der Waals surface area contributed by atoms with E-state index in [1.165, 1.54) is 0 Å². The van der Waals surface area contributed by atoms with E-state index < -0.39 is 6.09 Å². The van der Waals surface area contributed by atoms with Crippen LogP contribution >= 0.6 is 15.9 Å². The van der Waals surface area contributed by atoms with Crippen molar-refractivity contribution in [3.63, 3.8) is 0 Å². The quantitative estimate of drug-likeness (QED) is 0.383. The molecule has 0 aliphatic carbocycles. The third-order valence-electron chi connectivity index (χ3n) is 0.339. The van der Waals surface area contributed by atoms with E-state index in [1.807, 2.05) is 0 Å². The number of nitrogens with one attached hydrogen (secondary N) is 1. The van der Waals surface area contributed by atoms with Gasteiger partial charge in [0.15, 0.2) is 0 Å². The van der Waals surface area contributed by atoms with Crippen molar-refractivity contribution in [1.29, 1.82) is 0 Å². The predicted molar refractivity (Wildman–Crippen MR) is 30.9 cm³/mol. The molecule has 0 atom stereocenters. The number of amides is 1. The molecule has 48 valence electrons. The maximum Gasteiger partial charge on any atom is 0.428 e. The van der Waals surface area contributed by atoms with E-state index in [-0.39, 0.29) is 0 Å². The van der Waals surface area contributed by atoms with Gasteiger partial charge in [-0.25, -0.2) is 4.79 Å². The lowest BCUT2D eigenvalue weighted by molar-refractivity contribution is 0.0521. The molecule has 0 fully saturated rings. The van der Waals surface area contributed by atoms with Crippen LogP contribution in [0.25, 0.3) is 0 Å². The number of rotatable bonds is 3. The summed E-state index contributed by atoms with van der Waals surface area (Å²) in [6.07, 6.45) is -1.18. The molecule has 0 aliphatic heterocycles. The Kier molecular flexibility index (Phi) is 4.68. The van der Waals surface area contributed by atoms with Gasteiger partial charge in [-0.2, -0.15) is 5.48 Å². The predicted octanol–water partition coefficient (Wildman–Crippen LogP) is 0.580. The van der Waals surface area contributed by atoms with E-state index in [0.717, 1.165) is 0 Å². The van der Waals surface area contributed by atoms with Crippen LogP contribution in [0, 0.1) is 0 Å². The zero-order chi connectivity index (χ0) is 6.41. The van der Waals surface area contributed by atoms with E-state index in [4.69, 9.17) is 5.11 Å². The van der Waals surface area contributed by atoms with E-state index in [0.29, 0.717) is 11.9 Å². The van der Waals surface area contributed by atoms with Crippen LogP contribution in [-0.2, 0) is 4.84 Å². The van der Waals surface area contributed by atoms with Crippen molar-refractivity contribution in [2.24, 2.45) is 0 Å². The molecule has 0 saturated carbocycles. The summed E-state index contributed by atoms with van der Waals surface area (Å²) in [6.45, 7) is 0.340. The molecule has 0 unspecified atom stereocenters. The van der Waals surface area contributed by atoms with Crippen LogP contribution in [0.15, 0.2) is 0 Å². The average Bonchev–Trinajstić information content (AvgIpc) is 1.66. The first-order chi connectivity index (χ1) is 3.77. The number of halogens is 1. The van der Waals surface area contributed by atoms with Crippen molar-refractivity contribution in [3.8, 4) is 0 Å². The van der Waals surface area contributed by atoms with E-state index in [9.17, 15) is 4.79 Å². The molecule has 4 nitrogen and oxygen atoms in total. The van der Waals surface area contributed by atoms with Crippen LogP contribution in [0.3, 0.4) is 0 Å². The highest BCUT2D eigenvalue weighted by Gasteiger charge is 1.89. The molecule has 5 heteroatoms. The standard InChI is InChI=1S/C3H6BrNO3/c4-1-2-8-5-3(6)7/h5H,1-2H2,(H,6,7). The molecule has 0 aromatic rings. The van der Waals surface area contributed by atoms with Gasteiger partial charge in [0.1, 0.15) is 0 Å². The summed E-state index contributed by atoms with van der Waals surface area (Å²) < 4.78 is 0. The summed E-state index contributed by atoms with van der Waals surface area (Å²) >= 11 is 3.04. The van der Waals surface area contributed by atoms with Gasteiger partial charge in [0, 0.05) is 5.33 Å². The minimum absolute atomic E-state index is 0.340. The van der Waals surface area contributed by atoms with Crippen molar-refractivity contribution in [2.75, 3.05) is 11.9 Å². The number of hydrogen-bond donors (Lipinski definition) is 2. The number of hydroxylamine groups is 1. The third kappa shape index (κ3) is 5.71. The Bertz CT molecular complexity index is 76.9. The minimum Gasteiger partial charge on any atom is -0.464 e. The largest absolute Gasteiger partial charge is 0.464 e. The van der Waals surface area contributed by atoms with E-state index >= 15 is 0 Å². The van der Waals surface area contributed by atoms with Crippen LogP contribution in [0.5, 0.6) is 0 Å². The minimum atomic E-state index is -1.18. The summed E-state index contributed by atoms with van der Waals surface area (Å²) in [6, 6.07) is 0. The van der Waals surface area contributed by atoms with Gasteiger partial charge in [0.05, 0.1) is 6.61 Å². The summed E-state index contributed by atoms with van der Waals surface area (Å²) in [7, 11) is 0. The second-order valence-electron chi connectivity index (χ2n) is 0.945. The normalized spacial score (nSPS) is 8.62. The first-order valence-electron chi connectivity index (χ1n) is 1.94. The maximum absolute atomic E-state index is 9.62. The fourth-order valence-corrected chi connectivity index (χ4v) is 0.313.